The second-order valence-electron chi connectivity index (χ2n) is 3.21. The fourth-order valence-corrected chi connectivity index (χ4v) is 1.38. The number of nitrogens with one attached hydrogen (secondary N) is 1. The first-order valence-corrected chi connectivity index (χ1v) is 5.42. The largest absolute Gasteiger partial charge is 0.467 e. The van der Waals surface area contributed by atoms with Crippen LogP contribution in [0.15, 0.2) is 6.20 Å². The third-order valence-electron chi connectivity index (χ3n) is 2.23. The normalized spacial score (nSPS) is 10.5. The molecule has 0 aliphatic carbocycles. The Labute approximate surface area is 95.0 Å². The second kappa shape index (κ2) is 5.75. The molecule has 1 aromatic heterocycles. The van der Waals surface area contributed by atoms with Crippen LogP contribution in [0.25, 0.3) is 0 Å². The molecule has 0 aliphatic heterocycles. The van der Waals surface area contributed by atoms with E-state index in [0.29, 0.717) is 22.9 Å². The molecule has 0 fully saturated rings. The zero-order valence-electron chi connectivity index (χ0n) is 9.25. The van der Waals surface area contributed by atoms with Gasteiger partial charge in [0.2, 0.25) is 0 Å². The minimum Gasteiger partial charge on any atom is -0.467 e. The fraction of sp³-hybridized carbons (Fsp3) is 0.600. The molecule has 0 amide bonds. The molecule has 0 radical (unpaired) electrons. The number of rotatable bonds is 5. The summed E-state index contributed by atoms with van der Waals surface area (Å²) in [7, 11) is 1.53. The van der Waals surface area contributed by atoms with Crippen molar-refractivity contribution in [3.05, 3.63) is 11.2 Å². The number of hydrogen-bond donors (Lipinski definition) is 1. The quantitative estimate of drug-likeness (QED) is 0.844. The van der Waals surface area contributed by atoms with Crippen molar-refractivity contribution in [1.29, 1.82) is 0 Å². The summed E-state index contributed by atoms with van der Waals surface area (Å²) < 4.78 is 4.94. The van der Waals surface area contributed by atoms with E-state index < -0.39 is 0 Å². The van der Waals surface area contributed by atoms with Gasteiger partial charge < -0.3 is 10.1 Å². The molecule has 0 bridgehead atoms. The van der Waals surface area contributed by atoms with Gasteiger partial charge in [0.05, 0.1) is 13.3 Å². The molecule has 5 heteroatoms. The highest BCUT2D eigenvalue weighted by Crippen LogP contribution is 2.21. The molecule has 1 N–H and O–H groups in total. The van der Waals surface area contributed by atoms with Gasteiger partial charge in [-0.15, -0.1) is 0 Å². The fourth-order valence-electron chi connectivity index (χ4n) is 1.24. The molecule has 0 saturated carbocycles. The molecule has 0 unspecified atom stereocenters. The van der Waals surface area contributed by atoms with Gasteiger partial charge in [-0.25, -0.2) is 4.98 Å². The maximum Gasteiger partial charge on any atom is 0.318 e. The predicted octanol–water partition coefficient (Wildman–Crippen LogP) is 2.74. The molecule has 0 aliphatic rings. The van der Waals surface area contributed by atoms with Crippen LogP contribution in [-0.2, 0) is 0 Å². The average Bonchev–Trinajstić information content (AvgIpc) is 2.28. The van der Waals surface area contributed by atoms with Gasteiger partial charge in [-0.2, -0.15) is 4.98 Å². The number of halogens is 1. The van der Waals surface area contributed by atoms with Gasteiger partial charge in [0.25, 0.3) is 0 Å². The Bertz CT molecular complexity index is 316. The first-order chi connectivity index (χ1) is 7.21. The van der Waals surface area contributed by atoms with Crippen LogP contribution in [0.2, 0.25) is 5.02 Å². The SMILES string of the molecule is CCC(CC)Nc1nc(OC)ncc1Cl. The number of hydrogen-bond acceptors (Lipinski definition) is 4. The van der Waals surface area contributed by atoms with Crippen molar-refractivity contribution in [3.63, 3.8) is 0 Å². The number of anilines is 1. The molecule has 1 heterocycles. The van der Waals surface area contributed by atoms with Gasteiger partial charge in [0.1, 0.15) is 5.02 Å². The van der Waals surface area contributed by atoms with Crippen molar-refractivity contribution in [2.24, 2.45) is 0 Å². The number of nitrogens with zero attached hydrogens (tertiary/aromatic N) is 2. The lowest BCUT2D eigenvalue weighted by molar-refractivity contribution is 0.380. The van der Waals surface area contributed by atoms with Gasteiger partial charge in [-0.1, -0.05) is 25.4 Å². The lowest BCUT2D eigenvalue weighted by Crippen LogP contribution is -2.18. The first kappa shape index (κ1) is 12.0. The minimum absolute atomic E-state index is 0.327. The van der Waals surface area contributed by atoms with Crippen molar-refractivity contribution >= 4 is 17.4 Å². The van der Waals surface area contributed by atoms with Gasteiger partial charge in [0, 0.05) is 6.04 Å². The Kier molecular flexibility index (Phi) is 4.62. The summed E-state index contributed by atoms with van der Waals surface area (Å²) in [5, 5.41) is 3.77. The van der Waals surface area contributed by atoms with Gasteiger partial charge in [-0.3, -0.25) is 0 Å². The zero-order chi connectivity index (χ0) is 11.3. The van der Waals surface area contributed by atoms with Crippen LogP contribution in [0.1, 0.15) is 26.7 Å². The summed E-state index contributed by atoms with van der Waals surface area (Å²) in [6, 6.07) is 0.704. The molecule has 4 nitrogen and oxygen atoms in total. The van der Waals surface area contributed by atoms with Crippen LogP contribution in [0.3, 0.4) is 0 Å². The van der Waals surface area contributed by atoms with Crippen molar-refractivity contribution in [2.75, 3.05) is 12.4 Å². The van der Waals surface area contributed by atoms with E-state index in [0.717, 1.165) is 12.8 Å². The topological polar surface area (TPSA) is 47.0 Å². The smallest absolute Gasteiger partial charge is 0.318 e. The van der Waals surface area contributed by atoms with Crippen LogP contribution < -0.4 is 10.1 Å². The molecule has 1 rings (SSSR count). The summed E-state index contributed by atoms with van der Waals surface area (Å²) in [6.07, 6.45) is 3.59. The predicted molar refractivity (Wildman–Crippen MR) is 61.6 cm³/mol. The molecule has 0 spiro atoms. The van der Waals surface area contributed by atoms with Crippen LogP contribution in [-0.4, -0.2) is 23.1 Å². The second-order valence-corrected chi connectivity index (χ2v) is 3.62. The third-order valence-corrected chi connectivity index (χ3v) is 2.51. The molecule has 0 saturated heterocycles. The number of aromatic nitrogens is 2. The standard InChI is InChI=1S/C10H16ClN3O/c1-4-7(5-2)13-9-8(11)6-12-10(14-9)15-3/h6-7H,4-5H2,1-3H3,(H,12,13,14). The van der Waals surface area contributed by atoms with Crippen LogP contribution in [0, 0.1) is 0 Å². The lowest BCUT2D eigenvalue weighted by atomic mass is 10.2. The minimum atomic E-state index is 0.327. The summed E-state index contributed by atoms with van der Waals surface area (Å²) in [5.41, 5.74) is 0. The molecule has 0 atom stereocenters. The van der Waals surface area contributed by atoms with Crippen molar-refractivity contribution in [2.45, 2.75) is 32.7 Å². The lowest BCUT2D eigenvalue weighted by Gasteiger charge is -2.16. The first-order valence-electron chi connectivity index (χ1n) is 5.04. The highest BCUT2D eigenvalue weighted by Gasteiger charge is 2.09. The van der Waals surface area contributed by atoms with E-state index in [-0.39, 0.29) is 0 Å². The third kappa shape index (κ3) is 3.23. The molecule has 1 aromatic rings. The maximum atomic E-state index is 5.97. The summed E-state index contributed by atoms with van der Waals surface area (Å²) >= 11 is 5.97. The van der Waals surface area contributed by atoms with Crippen LogP contribution in [0.4, 0.5) is 5.82 Å². The molecule has 84 valence electrons. The van der Waals surface area contributed by atoms with E-state index in [9.17, 15) is 0 Å². The van der Waals surface area contributed by atoms with E-state index in [1.165, 1.54) is 13.3 Å². The maximum absolute atomic E-state index is 5.97. The average molecular weight is 230 g/mol. The van der Waals surface area contributed by atoms with Crippen molar-refractivity contribution in [1.82, 2.24) is 9.97 Å². The Balaban J connectivity index is 2.82. The van der Waals surface area contributed by atoms with Crippen molar-refractivity contribution in [3.8, 4) is 6.01 Å². The number of methoxy groups -OCH3 is 1. The Hall–Kier alpha value is -1.03. The monoisotopic (exact) mass is 229 g/mol. The van der Waals surface area contributed by atoms with Crippen LogP contribution in [0.5, 0.6) is 6.01 Å². The molecule has 15 heavy (non-hydrogen) atoms. The van der Waals surface area contributed by atoms with E-state index in [1.54, 1.807) is 0 Å². The molecular formula is C10H16ClN3O. The van der Waals surface area contributed by atoms with Crippen LogP contribution >= 0.6 is 11.6 Å². The Morgan fingerprint density at radius 1 is 1.47 bits per heavy atom. The zero-order valence-corrected chi connectivity index (χ0v) is 10.0. The highest BCUT2D eigenvalue weighted by molar-refractivity contribution is 6.32. The van der Waals surface area contributed by atoms with Gasteiger partial charge in [-0.05, 0) is 12.8 Å². The van der Waals surface area contributed by atoms with Crippen molar-refractivity contribution < 1.29 is 4.74 Å². The van der Waals surface area contributed by atoms with Gasteiger partial charge >= 0.3 is 6.01 Å². The van der Waals surface area contributed by atoms with E-state index in [1.807, 2.05) is 0 Å². The Morgan fingerprint density at radius 2 is 2.13 bits per heavy atom. The number of ether oxygens (including phenoxy) is 1. The summed E-state index contributed by atoms with van der Waals surface area (Å²) in [6.45, 7) is 4.24. The summed E-state index contributed by atoms with van der Waals surface area (Å²) in [4.78, 5) is 8.06. The highest BCUT2D eigenvalue weighted by atomic mass is 35.5. The summed E-state index contributed by atoms with van der Waals surface area (Å²) in [5.74, 6) is 0.636. The Morgan fingerprint density at radius 3 is 2.67 bits per heavy atom. The van der Waals surface area contributed by atoms with E-state index in [2.05, 4.69) is 29.1 Å². The van der Waals surface area contributed by atoms with E-state index >= 15 is 0 Å². The molecule has 0 aromatic carbocycles. The van der Waals surface area contributed by atoms with Gasteiger partial charge in [0.15, 0.2) is 5.82 Å². The molecular weight excluding hydrogens is 214 g/mol. The van der Waals surface area contributed by atoms with E-state index in [4.69, 9.17) is 16.3 Å².